The first-order chi connectivity index (χ1) is 16.1. The standard InChI is InChI=1S/C22H15F3N4O4S/c23-22(24,25)19-7-4-8-20(28-19)29-21-12-16(26-13-27-21)14-9-10-17(30)18(11-14)33-34(31,32)15-5-2-1-3-6-15/h1-13,30H,(H,26,27,28,29). The molecule has 12 heteroatoms. The quantitative estimate of drug-likeness (QED) is 0.373. The Balaban J connectivity index is 1.61. The Hall–Kier alpha value is -4.19. The Morgan fingerprint density at radius 2 is 1.65 bits per heavy atom. The predicted molar refractivity (Wildman–Crippen MR) is 116 cm³/mol. The summed E-state index contributed by atoms with van der Waals surface area (Å²) < 4.78 is 68.8. The summed E-state index contributed by atoms with van der Waals surface area (Å²) >= 11 is 0. The van der Waals surface area contributed by atoms with E-state index in [1.807, 2.05) is 0 Å². The second-order valence-electron chi connectivity index (χ2n) is 6.85. The van der Waals surface area contributed by atoms with Crippen molar-refractivity contribution in [3.8, 4) is 22.8 Å². The molecule has 0 atom stereocenters. The number of hydrogen-bond donors (Lipinski definition) is 2. The van der Waals surface area contributed by atoms with Gasteiger partial charge in [0, 0.05) is 11.6 Å². The van der Waals surface area contributed by atoms with Crippen LogP contribution in [0.25, 0.3) is 11.3 Å². The molecule has 0 aliphatic heterocycles. The van der Waals surface area contributed by atoms with Crippen LogP contribution in [0, 0.1) is 0 Å². The molecule has 8 nitrogen and oxygen atoms in total. The Morgan fingerprint density at radius 3 is 2.38 bits per heavy atom. The Kier molecular flexibility index (Phi) is 6.07. The van der Waals surface area contributed by atoms with E-state index in [0.717, 1.165) is 6.07 Å². The lowest BCUT2D eigenvalue weighted by Crippen LogP contribution is -2.09. The number of alkyl halides is 3. The molecule has 0 aliphatic carbocycles. The van der Waals surface area contributed by atoms with Gasteiger partial charge in [-0.15, -0.1) is 0 Å². The summed E-state index contributed by atoms with van der Waals surface area (Å²) in [7, 11) is -4.21. The molecular formula is C22H15F3N4O4S. The second-order valence-corrected chi connectivity index (χ2v) is 8.40. The van der Waals surface area contributed by atoms with E-state index in [0.29, 0.717) is 5.56 Å². The van der Waals surface area contributed by atoms with Crippen LogP contribution >= 0.6 is 0 Å². The minimum Gasteiger partial charge on any atom is -0.504 e. The zero-order valence-electron chi connectivity index (χ0n) is 17.1. The summed E-state index contributed by atoms with van der Waals surface area (Å²) in [6.07, 6.45) is -3.43. The van der Waals surface area contributed by atoms with Gasteiger partial charge < -0.3 is 14.6 Å². The van der Waals surface area contributed by atoms with Crippen LogP contribution in [-0.4, -0.2) is 28.5 Å². The van der Waals surface area contributed by atoms with Crippen LogP contribution in [0.5, 0.6) is 11.5 Å². The van der Waals surface area contributed by atoms with Crippen LogP contribution < -0.4 is 9.50 Å². The largest absolute Gasteiger partial charge is 0.504 e. The first kappa shape index (κ1) is 23.0. The highest BCUT2D eigenvalue weighted by Gasteiger charge is 2.32. The number of nitrogens with one attached hydrogen (secondary N) is 1. The van der Waals surface area contributed by atoms with Gasteiger partial charge in [-0.25, -0.2) is 15.0 Å². The Morgan fingerprint density at radius 1 is 0.882 bits per heavy atom. The average Bonchev–Trinajstić information content (AvgIpc) is 2.81. The Bertz CT molecular complexity index is 1430. The Labute approximate surface area is 191 Å². The molecule has 2 aromatic heterocycles. The van der Waals surface area contributed by atoms with E-state index in [-0.39, 0.29) is 28.0 Å². The molecule has 2 heterocycles. The van der Waals surface area contributed by atoms with Crippen molar-refractivity contribution >= 4 is 21.8 Å². The first-order valence-corrected chi connectivity index (χ1v) is 11.0. The molecule has 174 valence electrons. The predicted octanol–water partition coefficient (Wildman–Crippen LogP) is 4.77. The average molecular weight is 488 g/mol. The van der Waals surface area contributed by atoms with Crippen LogP contribution in [0.3, 0.4) is 0 Å². The SMILES string of the molecule is O=S(=O)(Oc1cc(-c2cc(Nc3cccc(C(F)(F)F)n3)ncn2)ccc1O)c1ccccc1. The highest BCUT2D eigenvalue weighted by molar-refractivity contribution is 7.87. The molecule has 0 spiro atoms. The van der Waals surface area contributed by atoms with Crippen LogP contribution in [0.1, 0.15) is 5.69 Å². The monoisotopic (exact) mass is 488 g/mol. The maximum Gasteiger partial charge on any atom is 0.433 e. The normalized spacial score (nSPS) is 11.7. The summed E-state index contributed by atoms with van der Waals surface area (Å²) in [6.45, 7) is 0. The smallest absolute Gasteiger partial charge is 0.433 e. The van der Waals surface area contributed by atoms with Crippen molar-refractivity contribution in [1.29, 1.82) is 0 Å². The van der Waals surface area contributed by atoms with E-state index in [2.05, 4.69) is 20.3 Å². The molecule has 2 aromatic carbocycles. The molecule has 2 N–H and O–H groups in total. The van der Waals surface area contributed by atoms with Crippen molar-refractivity contribution in [2.45, 2.75) is 11.1 Å². The molecule has 0 fully saturated rings. The summed E-state index contributed by atoms with van der Waals surface area (Å²) in [4.78, 5) is 11.5. The van der Waals surface area contributed by atoms with Crippen LogP contribution in [0.15, 0.2) is 84.0 Å². The number of anilines is 2. The number of hydrogen-bond acceptors (Lipinski definition) is 8. The molecule has 0 saturated carbocycles. The summed E-state index contributed by atoms with van der Waals surface area (Å²) in [5.74, 6) is -0.676. The second kappa shape index (κ2) is 8.98. The number of nitrogens with zero attached hydrogens (tertiary/aromatic N) is 3. The van der Waals surface area contributed by atoms with E-state index in [4.69, 9.17) is 4.18 Å². The number of halogens is 3. The molecule has 0 amide bonds. The minimum atomic E-state index is -4.60. The lowest BCUT2D eigenvalue weighted by atomic mass is 10.1. The number of rotatable bonds is 6. The molecule has 34 heavy (non-hydrogen) atoms. The van der Waals surface area contributed by atoms with E-state index >= 15 is 0 Å². The van der Waals surface area contributed by atoms with Crippen molar-refractivity contribution in [2.75, 3.05) is 5.32 Å². The van der Waals surface area contributed by atoms with Crippen LogP contribution in [0.4, 0.5) is 24.8 Å². The third kappa shape index (κ3) is 5.23. The van der Waals surface area contributed by atoms with Gasteiger partial charge in [-0.2, -0.15) is 21.6 Å². The van der Waals surface area contributed by atoms with Gasteiger partial charge in [0.2, 0.25) is 0 Å². The van der Waals surface area contributed by atoms with Crippen molar-refractivity contribution in [1.82, 2.24) is 15.0 Å². The molecule has 0 radical (unpaired) electrons. The fraction of sp³-hybridized carbons (Fsp3) is 0.0455. The van der Waals surface area contributed by atoms with Crippen molar-refractivity contribution in [2.24, 2.45) is 0 Å². The first-order valence-electron chi connectivity index (χ1n) is 9.58. The highest BCUT2D eigenvalue weighted by atomic mass is 32.2. The number of pyridine rings is 1. The van der Waals surface area contributed by atoms with Crippen molar-refractivity contribution < 1.29 is 30.9 Å². The van der Waals surface area contributed by atoms with Gasteiger partial charge in [-0.05, 0) is 42.5 Å². The van der Waals surface area contributed by atoms with E-state index in [1.165, 1.54) is 67.0 Å². The molecule has 0 bridgehead atoms. The van der Waals surface area contributed by atoms with Gasteiger partial charge in [-0.1, -0.05) is 24.3 Å². The van der Waals surface area contributed by atoms with E-state index < -0.39 is 27.7 Å². The van der Waals surface area contributed by atoms with Gasteiger partial charge >= 0.3 is 16.3 Å². The summed E-state index contributed by atoms with van der Waals surface area (Å²) in [5.41, 5.74) is -0.420. The molecule has 0 saturated heterocycles. The maximum atomic E-state index is 12.9. The number of phenols is 1. The molecule has 4 rings (SSSR count). The van der Waals surface area contributed by atoms with Crippen molar-refractivity contribution in [3.63, 3.8) is 0 Å². The van der Waals surface area contributed by atoms with Crippen molar-refractivity contribution in [3.05, 3.63) is 84.8 Å². The molecular weight excluding hydrogens is 473 g/mol. The van der Waals surface area contributed by atoms with E-state index in [1.54, 1.807) is 6.07 Å². The molecule has 0 aliphatic rings. The van der Waals surface area contributed by atoms with Crippen LogP contribution in [0.2, 0.25) is 0 Å². The number of aromatic nitrogens is 3. The minimum absolute atomic E-state index is 0.0804. The lowest BCUT2D eigenvalue weighted by Gasteiger charge is -2.11. The molecule has 4 aromatic rings. The molecule has 0 unspecified atom stereocenters. The summed E-state index contributed by atoms with van der Waals surface area (Å²) in [6, 6.07) is 16.2. The fourth-order valence-corrected chi connectivity index (χ4v) is 3.83. The lowest BCUT2D eigenvalue weighted by molar-refractivity contribution is -0.141. The maximum absolute atomic E-state index is 12.9. The van der Waals surface area contributed by atoms with Gasteiger partial charge in [0.1, 0.15) is 28.6 Å². The zero-order chi connectivity index (χ0) is 24.3. The third-order valence-corrected chi connectivity index (χ3v) is 5.70. The zero-order valence-corrected chi connectivity index (χ0v) is 17.9. The van der Waals surface area contributed by atoms with Crippen LogP contribution in [-0.2, 0) is 16.3 Å². The summed E-state index contributed by atoms with van der Waals surface area (Å²) in [5, 5.41) is 12.8. The highest BCUT2D eigenvalue weighted by Crippen LogP contribution is 2.34. The topological polar surface area (TPSA) is 114 Å². The van der Waals surface area contributed by atoms with Gasteiger partial charge in [0.15, 0.2) is 11.5 Å². The number of benzene rings is 2. The number of aromatic hydroxyl groups is 1. The van der Waals surface area contributed by atoms with Gasteiger partial charge in [-0.3, -0.25) is 0 Å². The van der Waals surface area contributed by atoms with E-state index in [9.17, 15) is 26.7 Å². The number of phenolic OH excluding ortho intramolecular Hbond substituents is 1. The third-order valence-electron chi connectivity index (χ3n) is 4.45. The van der Waals surface area contributed by atoms with Gasteiger partial charge in [0.25, 0.3) is 0 Å². The fourth-order valence-electron chi connectivity index (χ4n) is 2.87. The van der Waals surface area contributed by atoms with Gasteiger partial charge in [0.05, 0.1) is 5.69 Å².